The van der Waals surface area contributed by atoms with Gasteiger partial charge in [-0.1, -0.05) is 65.1 Å². The van der Waals surface area contributed by atoms with Gasteiger partial charge in [-0.05, 0) is 52.3 Å². The molecule has 1 aliphatic carbocycles. The van der Waals surface area contributed by atoms with Gasteiger partial charge in [0.25, 0.3) is 0 Å². The van der Waals surface area contributed by atoms with E-state index in [1.165, 1.54) is 32.7 Å². The molecule has 0 amide bonds. The molecule has 2 aromatic carbocycles. The lowest BCUT2D eigenvalue weighted by atomic mass is 9.97. The molecule has 20 heavy (non-hydrogen) atoms. The standard InChI is InChI=1S/C18H13IS/c1-18(19)15-6-3-2-5-13(15)14-9-8-12(11-16(14)18)17-7-4-10-20-17/h2-11H,1H3. The highest BCUT2D eigenvalue weighted by atomic mass is 127. The van der Waals surface area contributed by atoms with Crippen LogP contribution >= 0.6 is 33.9 Å². The fourth-order valence-corrected chi connectivity index (χ4v) is 4.68. The van der Waals surface area contributed by atoms with E-state index in [4.69, 9.17) is 0 Å². The Morgan fingerprint density at radius 1 is 0.900 bits per heavy atom. The van der Waals surface area contributed by atoms with E-state index in [-0.39, 0.29) is 3.42 Å². The summed E-state index contributed by atoms with van der Waals surface area (Å²) >= 11 is 4.39. The highest BCUT2D eigenvalue weighted by molar-refractivity contribution is 14.1. The van der Waals surface area contributed by atoms with Gasteiger partial charge in [-0.25, -0.2) is 0 Å². The smallest absolute Gasteiger partial charge is 0.0702 e. The van der Waals surface area contributed by atoms with Gasteiger partial charge in [0.05, 0.1) is 3.42 Å². The van der Waals surface area contributed by atoms with Gasteiger partial charge < -0.3 is 0 Å². The molecule has 0 saturated carbocycles. The normalized spacial score (nSPS) is 19.7. The summed E-state index contributed by atoms with van der Waals surface area (Å²) in [6.45, 7) is 2.32. The summed E-state index contributed by atoms with van der Waals surface area (Å²) in [4.78, 5) is 1.34. The third-order valence-corrected chi connectivity index (χ3v) is 6.14. The van der Waals surface area contributed by atoms with Crippen LogP contribution in [-0.4, -0.2) is 0 Å². The van der Waals surface area contributed by atoms with Crippen molar-refractivity contribution >= 4 is 33.9 Å². The zero-order valence-electron chi connectivity index (χ0n) is 11.1. The van der Waals surface area contributed by atoms with Crippen molar-refractivity contribution in [2.24, 2.45) is 0 Å². The first-order valence-electron chi connectivity index (χ1n) is 6.65. The quantitative estimate of drug-likeness (QED) is 0.349. The third kappa shape index (κ3) is 1.71. The summed E-state index contributed by atoms with van der Waals surface area (Å²) in [5.74, 6) is 0. The minimum atomic E-state index is 0.0664. The van der Waals surface area contributed by atoms with Gasteiger partial charge in [-0.2, -0.15) is 0 Å². The van der Waals surface area contributed by atoms with E-state index in [2.05, 4.69) is 89.5 Å². The summed E-state index contributed by atoms with van der Waals surface area (Å²) in [5.41, 5.74) is 6.97. The van der Waals surface area contributed by atoms with E-state index < -0.39 is 0 Å². The van der Waals surface area contributed by atoms with Crippen LogP contribution in [-0.2, 0) is 3.42 Å². The van der Waals surface area contributed by atoms with E-state index in [0.29, 0.717) is 0 Å². The van der Waals surface area contributed by atoms with Crippen LogP contribution in [0.5, 0.6) is 0 Å². The van der Waals surface area contributed by atoms with Gasteiger partial charge in [0.2, 0.25) is 0 Å². The Kier molecular flexibility index (Phi) is 2.79. The molecule has 1 aliphatic rings. The molecular formula is C18H13IS. The largest absolute Gasteiger partial charge is 0.144 e. The topological polar surface area (TPSA) is 0 Å². The molecule has 1 atom stereocenters. The summed E-state index contributed by atoms with van der Waals surface area (Å²) < 4.78 is 0.0664. The molecule has 0 spiro atoms. The summed E-state index contributed by atoms with van der Waals surface area (Å²) in [5, 5.41) is 2.14. The summed E-state index contributed by atoms with van der Waals surface area (Å²) in [6.07, 6.45) is 0. The number of rotatable bonds is 1. The molecule has 0 N–H and O–H groups in total. The second kappa shape index (κ2) is 4.43. The van der Waals surface area contributed by atoms with E-state index >= 15 is 0 Å². The molecule has 1 heterocycles. The number of fused-ring (bicyclic) bond motifs is 3. The average Bonchev–Trinajstić information content (AvgIpc) is 3.07. The molecular weight excluding hydrogens is 375 g/mol. The van der Waals surface area contributed by atoms with Crippen LogP contribution in [0.15, 0.2) is 60.0 Å². The van der Waals surface area contributed by atoms with Crippen molar-refractivity contribution in [1.29, 1.82) is 0 Å². The lowest BCUT2D eigenvalue weighted by Gasteiger charge is -2.19. The number of thiophene rings is 1. The van der Waals surface area contributed by atoms with Crippen molar-refractivity contribution in [1.82, 2.24) is 0 Å². The van der Waals surface area contributed by atoms with Crippen LogP contribution in [0.3, 0.4) is 0 Å². The zero-order valence-corrected chi connectivity index (χ0v) is 14.0. The van der Waals surface area contributed by atoms with Crippen molar-refractivity contribution in [3.05, 3.63) is 71.1 Å². The number of benzene rings is 2. The highest BCUT2D eigenvalue weighted by Crippen LogP contribution is 2.53. The Morgan fingerprint density at radius 3 is 2.50 bits per heavy atom. The molecule has 2 heteroatoms. The van der Waals surface area contributed by atoms with Gasteiger partial charge in [0, 0.05) is 4.88 Å². The van der Waals surface area contributed by atoms with Gasteiger partial charge in [-0.3, -0.25) is 0 Å². The van der Waals surface area contributed by atoms with Crippen LogP contribution in [0, 0.1) is 0 Å². The Morgan fingerprint density at radius 2 is 1.70 bits per heavy atom. The minimum Gasteiger partial charge on any atom is -0.144 e. The maximum atomic E-state index is 2.59. The fourth-order valence-electron chi connectivity index (χ4n) is 3.04. The molecule has 1 unspecified atom stereocenters. The summed E-state index contributed by atoms with van der Waals surface area (Å²) in [7, 11) is 0. The van der Waals surface area contributed by atoms with Crippen molar-refractivity contribution in [2.45, 2.75) is 10.3 Å². The monoisotopic (exact) mass is 388 g/mol. The van der Waals surface area contributed by atoms with Gasteiger partial charge in [-0.15, -0.1) is 11.3 Å². The lowest BCUT2D eigenvalue weighted by molar-refractivity contribution is 0.916. The molecule has 0 bridgehead atoms. The number of hydrogen-bond donors (Lipinski definition) is 0. The van der Waals surface area contributed by atoms with Crippen molar-refractivity contribution in [2.75, 3.05) is 0 Å². The van der Waals surface area contributed by atoms with Crippen molar-refractivity contribution in [3.8, 4) is 21.6 Å². The maximum Gasteiger partial charge on any atom is 0.0702 e. The van der Waals surface area contributed by atoms with Crippen LogP contribution in [0.2, 0.25) is 0 Å². The molecule has 0 aliphatic heterocycles. The van der Waals surface area contributed by atoms with Crippen LogP contribution < -0.4 is 0 Å². The van der Waals surface area contributed by atoms with Crippen LogP contribution in [0.4, 0.5) is 0 Å². The number of hydrogen-bond acceptors (Lipinski definition) is 1. The Labute approximate surface area is 136 Å². The lowest BCUT2D eigenvalue weighted by Crippen LogP contribution is -2.10. The van der Waals surface area contributed by atoms with Gasteiger partial charge in [0.15, 0.2) is 0 Å². The predicted molar refractivity (Wildman–Crippen MR) is 95.7 cm³/mol. The second-order valence-electron chi connectivity index (χ2n) is 5.29. The van der Waals surface area contributed by atoms with Crippen molar-refractivity contribution in [3.63, 3.8) is 0 Å². The molecule has 4 rings (SSSR count). The molecule has 1 aromatic heterocycles. The van der Waals surface area contributed by atoms with Crippen LogP contribution in [0.25, 0.3) is 21.6 Å². The van der Waals surface area contributed by atoms with Crippen LogP contribution in [0.1, 0.15) is 18.1 Å². The Hall–Kier alpha value is -1.13. The van der Waals surface area contributed by atoms with E-state index in [1.54, 1.807) is 11.3 Å². The van der Waals surface area contributed by atoms with Crippen molar-refractivity contribution < 1.29 is 0 Å². The molecule has 98 valence electrons. The van der Waals surface area contributed by atoms with Gasteiger partial charge >= 0.3 is 0 Å². The fraction of sp³-hybridized carbons (Fsp3) is 0.111. The Bertz CT molecular complexity index is 785. The number of alkyl halides is 1. The molecule has 0 saturated heterocycles. The first-order valence-corrected chi connectivity index (χ1v) is 8.61. The Balaban J connectivity index is 1.97. The molecule has 0 fully saturated rings. The highest BCUT2D eigenvalue weighted by Gasteiger charge is 2.36. The van der Waals surface area contributed by atoms with E-state index in [9.17, 15) is 0 Å². The third-order valence-electron chi connectivity index (χ3n) is 4.05. The zero-order chi connectivity index (χ0) is 13.7. The minimum absolute atomic E-state index is 0.0664. The molecule has 0 nitrogen and oxygen atoms in total. The molecule has 0 radical (unpaired) electrons. The second-order valence-corrected chi connectivity index (χ2v) is 8.39. The summed E-state index contributed by atoms with van der Waals surface area (Å²) in [6, 6.07) is 20.0. The first-order chi connectivity index (χ1) is 9.68. The van der Waals surface area contributed by atoms with E-state index in [1.807, 2.05) is 0 Å². The first kappa shape index (κ1) is 12.6. The van der Waals surface area contributed by atoms with Gasteiger partial charge in [0.1, 0.15) is 0 Å². The predicted octanol–water partition coefficient (Wildman–Crippen LogP) is 6.09. The molecule has 3 aromatic rings. The maximum absolute atomic E-state index is 2.59. The van der Waals surface area contributed by atoms with E-state index in [0.717, 1.165) is 0 Å². The number of halogens is 1. The SMILES string of the molecule is CC1(I)c2ccccc2-c2ccc(-c3cccs3)cc21. The average molecular weight is 388 g/mol.